The van der Waals surface area contributed by atoms with Crippen molar-refractivity contribution in [2.75, 3.05) is 13.2 Å². The summed E-state index contributed by atoms with van der Waals surface area (Å²) >= 11 is 0. The fraction of sp³-hybridized carbons (Fsp3) is 0.412. The van der Waals surface area contributed by atoms with Crippen molar-refractivity contribution in [1.82, 2.24) is 5.32 Å². The first kappa shape index (κ1) is 15.8. The number of benzene rings is 1. The van der Waals surface area contributed by atoms with E-state index in [-0.39, 0.29) is 6.04 Å². The van der Waals surface area contributed by atoms with Crippen molar-refractivity contribution in [2.24, 2.45) is 0 Å². The topological polar surface area (TPSA) is 54.6 Å². The zero-order valence-electron chi connectivity index (χ0n) is 12.4. The van der Waals surface area contributed by atoms with E-state index in [1.54, 1.807) is 6.26 Å². The molecular weight excluding hydrogens is 266 g/mol. The van der Waals surface area contributed by atoms with E-state index >= 15 is 0 Å². The summed E-state index contributed by atoms with van der Waals surface area (Å²) in [7, 11) is 0. The van der Waals surface area contributed by atoms with Gasteiger partial charge in [0.1, 0.15) is 12.4 Å². The van der Waals surface area contributed by atoms with Gasteiger partial charge in [0.2, 0.25) is 0 Å². The van der Waals surface area contributed by atoms with Crippen molar-refractivity contribution in [1.29, 1.82) is 0 Å². The maximum absolute atomic E-state index is 9.95. The monoisotopic (exact) mass is 289 g/mol. The summed E-state index contributed by atoms with van der Waals surface area (Å²) in [6, 6.07) is 14.2. The van der Waals surface area contributed by atoms with E-state index in [0.717, 1.165) is 12.2 Å². The highest BCUT2D eigenvalue weighted by Gasteiger charge is 2.11. The van der Waals surface area contributed by atoms with Crippen molar-refractivity contribution in [3.63, 3.8) is 0 Å². The number of hydrogen-bond donors (Lipinski definition) is 2. The van der Waals surface area contributed by atoms with Crippen molar-refractivity contribution in [3.05, 3.63) is 60.1 Å². The number of aliphatic hydroxyl groups excluding tert-OH is 1. The SMILES string of the molecule is CCC(NCC(O)COCc1ccco1)c1ccccc1. The molecule has 0 bridgehead atoms. The molecule has 4 nitrogen and oxygen atoms in total. The first-order valence-corrected chi connectivity index (χ1v) is 7.36. The number of ether oxygens (including phenoxy) is 1. The van der Waals surface area contributed by atoms with E-state index in [0.29, 0.717) is 19.8 Å². The fourth-order valence-electron chi connectivity index (χ4n) is 2.21. The van der Waals surface area contributed by atoms with Crippen LogP contribution in [0.2, 0.25) is 0 Å². The lowest BCUT2D eigenvalue weighted by atomic mass is 10.0. The lowest BCUT2D eigenvalue weighted by Crippen LogP contribution is -2.32. The Bertz CT molecular complexity index is 484. The molecule has 0 saturated carbocycles. The third kappa shape index (κ3) is 5.34. The predicted molar refractivity (Wildman–Crippen MR) is 81.8 cm³/mol. The van der Waals surface area contributed by atoms with E-state index in [1.165, 1.54) is 5.56 Å². The number of furan rings is 1. The van der Waals surface area contributed by atoms with Gasteiger partial charge in [-0.05, 0) is 24.1 Å². The number of aliphatic hydroxyl groups is 1. The fourth-order valence-corrected chi connectivity index (χ4v) is 2.21. The standard InChI is InChI=1S/C17H23NO3/c1-2-17(14-7-4-3-5-8-14)18-11-15(19)12-20-13-16-9-6-10-21-16/h3-10,15,17-19H,2,11-13H2,1H3. The van der Waals surface area contributed by atoms with Crippen LogP contribution in [0.1, 0.15) is 30.7 Å². The summed E-state index contributed by atoms with van der Waals surface area (Å²) in [4.78, 5) is 0. The molecule has 2 N–H and O–H groups in total. The number of nitrogens with one attached hydrogen (secondary N) is 1. The van der Waals surface area contributed by atoms with Crippen LogP contribution in [0.4, 0.5) is 0 Å². The maximum Gasteiger partial charge on any atom is 0.129 e. The van der Waals surface area contributed by atoms with Crippen LogP contribution in [0.3, 0.4) is 0 Å². The highest BCUT2D eigenvalue weighted by molar-refractivity contribution is 5.18. The Labute approximate surface area is 125 Å². The summed E-state index contributed by atoms with van der Waals surface area (Å²) < 4.78 is 10.6. The minimum absolute atomic E-state index is 0.255. The first-order chi connectivity index (χ1) is 10.3. The lowest BCUT2D eigenvalue weighted by molar-refractivity contribution is 0.0214. The van der Waals surface area contributed by atoms with E-state index in [4.69, 9.17) is 9.15 Å². The Morgan fingerprint density at radius 1 is 1.19 bits per heavy atom. The molecule has 0 aliphatic carbocycles. The van der Waals surface area contributed by atoms with Crippen molar-refractivity contribution < 1.29 is 14.3 Å². The maximum atomic E-state index is 9.95. The van der Waals surface area contributed by atoms with Gasteiger partial charge in [-0.1, -0.05) is 37.3 Å². The van der Waals surface area contributed by atoms with Gasteiger partial charge in [0.05, 0.1) is 19.0 Å². The van der Waals surface area contributed by atoms with Gasteiger partial charge in [0, 0.05) is 12.6 Å². The van der Waals surface area contributed by atoms with Gasteiger partial charge in [0.15, 0.2) is 0 Å². The van der Waals surface area contributed by atoms with Crippen LogP contribution < -0.4 is 5.32 Å². The van der Waals surface area contributed by atoms with E-state index in [2.05, 4.69) is 24.4 Å². The first-order valence-electron chi connectivity index (χ1n) is 7.36. The molecule has 4 heteroatoms. The minimum Gasteiger partial charge on any atom is -0.467 e. The molecule has 0 fully saturated rings. The van der Waals surface area contributed by atoms with Crippen LogP contribution in [-0.2, 0) is 11.3 Å². The summed E-state index contributed by atoms with van der Waals surface area (Å²) in [5, 5.41) is 13.3. The Kier molecular flexibility index (Phi) is 6.47. The molecule has 1 aromatic carbocycles. The second-order valence-electron chi connectivity index (χ2n) is 5.03. The highest BCUT2D eigenvalue weighted by Crippen LogP contribution is 2.15. The molecular formula is C17H23NO3. The molecule has 2 atom stereocenters. The van der Waals surface area contributed by atoms with Crippen LogP contribution in [0.5, 0.6) is 0 Å². The molecule has 0 aliphatic rings. The molecule has 114 valence electrons. The molecule has 0 saturated heterocycles. The van der Waals surface area contributed by atoms with E-state index < -0.39 is 6.10 Å². The zero-order chi connectivity index (χ0) is 14.9. The van der Waals surface area contributed by atoms with Crippen molar-refractivity contribution in [2.45, 2.75) is 32.1 Å². The predicted octanol–water partition coefficient (Wildman–Crippen LogP) is 2.90. The Balaban J connectivity index is 1.68. The van der Waals surface area contributed by atoms with Crippen LogP contribution in [0, 0.1) is 0 Å². The molecule has 0 radical (unpaired) electrons. The van der Waals surface area contributed by atoms with Crippen LogP contribution in [0.15, 0.2) is 53.1 Å². The summed E-state index contributed by atoms with van der Waals surface area (Å²) in [6.07, 6.45) is 2.06. The highest BCUT2D eigenvalue weighted by atomic mass is 16.5. The molecule has 1 aromatic heterocycles. The second-order valence-corrected chi connectivity index (χ2v) is 5.03. The normalized spacial score (nSPS) is 14.0. The van der Waals surface area contributed by atoms with Gasteiger partial charge in [0.25, 0.3) is 0 Å². The molecule has 0 spiro atoms. The van der Waals surface area contributed by atoms with Gasteiger partial charge in [-0.2, -0.15) is 0 Å². The third-order valence-corrected chi connectivity index (χ3v) is 3.34. The van der Waals surface area contributed by atoms with Gasteiger partial charge in [-0.15, -0.1) is 0 Å². The third-order valence-electron chi connectivity index (χ3n) is 3.34. The number of hydrogen-bond acceptors (Lipinski definition) is 4. The summed E-state index contributed by atoms with van der Waals surface area (Å²) in [5.74, 6) is 0.769. The molecule has 21 heavy (non-hydrogen) atoms. The Hall–Kier alpha value is -1.62. The van der Waals surface area contributed by atoms with Crippen molar-refractivity contribution in [3.8, 4) is 0 Å². The van der Waals surface area contributed by atoms with Gasteiger partial charge in [-0.3, -0.25) is 0 Å². The van der Waals surface area contributed by atoms with E-state index in [1.807, 2.05) is 30.3 Å². The zero-order valence-corrected chi connectivity index (χ0v) is 12.4. The largest absolute Gasteiger partial charge is 0.467 e. The molecule has 2 unspecified atom stereocenters. The van der Waals surface area contributed by atoms with Gasteiger partial charge >= 0.3 is 0 Å². The smallest absolute Gasteiger partial charge is 0.129 e. The minimum atomic E-state index is -0.530. The molecule has 2 aromatic rings. The Morgan fingerprint density at radius 3 is 2.67 bits per heavy atom. The summed E-state index contributed by atoms with van der Waals surface area (Å²) in [5.41, 5.74) is 1.24. The summed E-state index contributed by atoms with van der Waals surface area (Å²) in [6.45, 7) is 3.31. The second kappa shape index (κ2) is 8.62. The molecule has 1 heterocycles. The van der Waals surface area contributed by atoms with Gasteiger partial charge < -0.3 is 19.6 Å². The van der Waals surface area contributed by atoms with Crippen molar-refractivity contribution >= 4 is 0 Å². The van der Waals surface area contributed by atoms with Crippen LogP contribution in [0.25, 0.3) is 0 Å². The average Bonchev–Trinajstić information content (AvgIpc) is 3.02. The Morgan fingerprint density at radius 2 is 2.00 bits per heavy atom. The molecule has 2 rings (SSSR count). The van der Waals surface area contributed by atoms with Gasteiger partial charge in [-0.25, -0.2) is 0 Å². The quantitative estimate of drug-likeness (QED) is 0.745. The van der Waals surface area contributed by atoms with Crippen LogP contribution in [-0.4, -0.2) is 24.4 Å². The van der Waals surface area contributed by atoms with Crippen LogP contribution >= 0.6 is 0 Å². The number of rotatable bonds is 9. The molecule has 0 amide bonds. The molecule has 0 aliphatic heterocycles. The average molecular weight is 289 g/mol. The lowest BCUT2D eigenvalue weighted by Gasteiger charge is -2.20. The van der Waals surface area contributed by atoms with E-state index in [9.17, 15) is 5.11 Å².